The first-order chi connectivity index (χ1) is 10.2. The Morgan fingerprint density at radius 3 is 3.00 bits per heavy atom. The monoisotopic (exact) mass is 291 g/mol. The fraction of sp³-hybridized carbons (Fsp3) is 0.467. The van der Waals surface area contributed by atoms with E-state index in [1.165, 1.54) is 0 Å². The second-order valence-electron chi connectivity index (χ2n) is 4.95. The van der Waals surface area contributed by atoms with Crippen LogP contribution in [0.15, 0.2) is 24.3 Å². The number of hydrogen-bond donors (Lipinski definition) is 2. The summed E-state index contributed by atoms with van der Waals surface area (Å²) in [4.78, 5) is 26.0. The maximum absolute atomic E-state index is 12.5. The van der Waals surface area contributed by atoms with Crippen molar-refractivity contribution >= 4 is 11.8 Å². The van der Waals surface area contributed by atoms with Crippen LogP contribution in [-0.4, -0.2) is 56.5 Å². The smallest absolute Gasteiger partial charge is 0.243 e. The molecule has 2 N–H and O–H groups in total. The number of hydrogen-bond acceptors (Lipinski definition) is 4. The fourth-order valence-corrected chi connectivity index (χ4v) is 2.46. The van der Waals surface area contributed by atoms with Crippen molar-refractivity contribution in [3.63, 3.8) is 0 Å². The van der Waals surface area contributed by atoms with Crippen molar-refractivity contribution in [3.05, 3.63) is 29.8 Å². The Hall–Kier alpha value is -2.08. The molecule has 2 amide bonds. The van der Waals surface area contributed by atoms with E-state index >= 15 is 0 Å². The summed E-state index contributed by atoms with van der Waals surface area (Å²) in [6, 6.07) is 6.98. The maximum Gasteiger partial charge on any atom is 0.243 e. The summed E-state index contributed by atoms with van der Waals surface area (Å²) in [5.74, 6) is 0.544. The molecule has 0 spiro atoms. The van der Waals surface area contributed by atoms with Crippen LogP contribution in [0.5, 0.6) is 5.75 Å². The Labute approximate surface area is 124 Å². The van der Waals surface area contributed by atoms with E-state index in [2.05, 4.69) is 10.6 Å². The Morgan fingerprint density at radius 1 is 1.48 bits per heavy atom. The van der Waals surface area contributed by atoms with E-state index in [-0.39, 0.29) is 18.2 Å². The van der Waals surface area contributed by atoms with Gasteiger partial charge in [0, 0.05) is 26.7 Å². The molecule has 0 bridgehead atoms. The van der Waals surface area contributed by atoms with Gasteiger partial charge in [-0.15, -0.1) is 0 Å². The summed E-state index contributed by atoms with van der Waals surface area (Å²) in [5, 5.41) is 5.75. The van der Waals surface area contributed by atoms with Crippen LogP contribution in [-0.2, 0) is 16.0 Å². The molecule has 1 fully saturated rings. The molecule has 114 valence electrons. The summed E-state index contributed by atoms with van der Waals surface area (Å²) >= 11 is 0. The molecule has 2 rings (SSSR count). The van der Waals surface area contributed by atoms with Crippen LogP contribution in [0.1, 0.15) is 5.56 Å². The van der Waals surface area contributed by atoms with Gasteiger partial charge in [0.2, 0.25) is 11.8 Å². The van der Waals surface area contributed by atoms with Crippen LogP contribution >= 0.6 is 0 Å². The van der Waals surface area contributed by atoms with Gasteiger partial charge in [0.05, 0.1) is 13.5 Å². The molecule has 1 aromatic rings. The Balaban J connectivity index is 2.08. The highest BCUT2D eigenvalue weighted by Gasteiger charge is 2.31. The number of nitrogens with one attached hydrogen (secondary N) is 2. The minimum absolute atomic E-state index is 0.0432. The Bertz CT molecular complexity index is 519. The van der Waals surface area contributed by atoms with Crippen molar-refractivity contribution in [2.45, 2.75) is 12.5 Å². The highest BCUT2D eigenvalue weighted by molar-refractivity contribution is 5.88. The van der Waals surface area contributed by atoms with Gasteiger partial charge in [-0.3, -0.25) is 9.59 Å². The number of carbonyl (C=O) groups excluding carboxylic acids is 2. The molecule has 0 radical (unpaired) electrons. The SMILES string of the molecule is CNC(=O)C1CNCCN1C(=O)Cc1cccc(OC)c1. The average molecular weight is 291 g/mol. The number of piperazine rings is 1. The van der Waals surface area contributed by atoms with E-state index in [4.69, 9.17) is 4.74 Å². The van der Waals surface area contributed by atoms with Crippen LogP contribution in [0, 0.1) is 0 Å². The van der Waals surface area contributed by atoms with Crippen molar-refractivity contribution < 1.29 is 14.3 Å². The van der Waals surface area contributed by atoms with Gasteiger partial charge >= 0.3 is 0 Å². The van der Waals surface area contributed by atoms with Crippen LogP contribution in [0.3, 0.4) is 0 Å². The minimum atomic E-state index is -0.443. The van der Waals surface area contributed by atoms with Gasteiger partial charge in [0.15, 0.2) is 0 Å². The lowest BCUT2D eigenvalue weighted by Crippen LogP contribution is -2.59. The third-order valence-corrected chi connectivity index (χ3v) is 3.60. The lowest BCUT2D eigenvalue weighted by atomic mass is 10.1. The number of ether oxygens (including phenoxy) is 1. The molecule has 21 heavy (non-hydrogen) atoms. The topological polar surface area (TPSA) is 70.7 Å². The van der Waals surface area contributed by atoms with Crippen molar-refractivity contribution in [1.82, 2.24) is 15.5 Å². The van der Waals surface area contributed by atoms with Crippen molar-refractivity contribution in [2.75, 3.05) is 33.8 Å². The van der Waals surface area contributed by atoms with Gasteiger partial charge in [-0.1, -0.05) is 12.1 Å². The quantitative estimate of drug-likeness (QED) is 0.805. The normalized spacial score (nSPS) is 18.2. The largest absolute Gasteiger partial charge is 0.497 e. The molecular weight excluding hydrogens is 270 g/mol. The minimum Gasteiger partial charge on any atom is -0.497 e. The molecule has 1 atom stereocenters. The third-order valence-electron chi connectivity index (χ3n) is 3.60. The molecular formula is C15H21N3O3. The summed E-state index contributed by atoms with van der Waals surface area (Å²) in [5.41, 5.74) is 0.883. The highest BCUT2D eigenvalue weighted by atomic mass is 16.5. The van der Waals surface area contributed by atoms with Gasteiger partial charge < -0.3 is 20.3 Å². The third kappa shape index (κ3) is 3.72. The number of nitrogens with zero attached hydrogens (tertiary/aromatic N) is 1. The summed E-state index contributed by atoms with van der Waals surface area (Å²) in [6.07, 6.45) is 0.269. The molecule has 1 aromatic carbocycles. The zero-order valence-electron chi connectivity index (χ0n) is 12.4. The first kappa shape index (κ1) is 15.3. The number of rotatable bonds is 4. The molecule has 6 nitrogen and oxygen atoms in total. The molecule has 1 heterocycles. The van der Waals surface area contributed by atoms with Crippen LogP contribution < -0.4 is 15.4 Å². The van der Waals surface area contributed by atoms with Gasteiger partial charge in [0.25, 0.3) is 0 Å². The van der Waals surface area contributed by atoms with Crippen molar-refractivity contribution in [2.24, 2.45) is 0 Å². The average Bonchev–Trinajstić information content (AvgIpc) is 2.54. The van der Waals surface area contributed by atoms with E-state index in [1.807, 2.05) is 24.3 Å². The number of carbonyl (C=O) groups is 2. The van der Waals surface area contributed by atoms with Crippen molar-refractivity contribution in [3.8, 4) is 5.75 Å². The van der Waals surface area contributed by atoms with E-state index < -0.39 is 6.04 Å². The molecule has 1 saturated heterocycles. The predicted octanol–water partition coefficient (Wildman–Crippen LogP) is -0.216. The molecule has 0 aromatic heterocycles. The first-order valence-electron chi connectivity index (χ1n) is 7.00. The molecule has 1 aliphatic heterocycles. The first-order valence-corrected chi connectivity index (χ1v) is 7.00. The van der Waals surface area contributed by atoms with E-state index in [0.29, 0.717) is 19.6 Å². The fourth-order valence-electron chi connectivity index (χ4n) is 2.46. The lowest BCUT2D eigenvalue weighted by Gasteiger charge is -2.35. The number of amides is 2. The van der Waals surface area contributed by atoms with E-state index in [1.54, 1.807) is 19.1 Å². The zero-order chi connectivity index (χ0) is 15.2. The van der Waals surface area contributed by atoms with Gasteiger partial charge in [-0.2, -0.15) is 0 Å². The Morgan fingerprint density at radius 2 is 2.29 bits per heavy atom. The van der Waals surface area contributed by atoms with E-state index in [9.17, 15) is 9.59 Å². The molecule has 0 aliphatic carbocycles. The van der Waals surface area contributed by atoms with Crippen LogP contribution in [0.25, 0.3) is 0 Å². The van der Waals surface area contributed by atoms with Crippen LogP contribution in [0.4, 0.5) is 0 Å². The molecule has 1 unspecified atom stereocenters. The van der Waals surface area contributed by atoms with Gasteiger partial charge in [0.1, 0.15) is 11.8 Å². The van der Waals surface area contributed by atoms with Gasteiger partial charge in [-0.05, 0) is 17.7 Å². The predicted molar refractivity (Wildman–Crippen MR) is 79.1 cm³/mol. The second kappa shape index (κ2) is 7.08. The summed E-state index contributed by atoms with van der Waals surface area (Å²) in [6.45, 7) is 1.74. The standard InChI is InChI=1S/C15H21N3O3/c1-16-15(20)13-10-17-6-7-18(13)14(19)9-11-4-3-5-12(8-11)21-2/h3-5,8,13,17H,6-7,9-10H2,1-2H3,(H,16,20). The number of likely N-dealkylation sites (N-methyl/N-ethyl adjacent to an activating group) is 1. The zero-order valence-corrected chi connectivity index (χ0v) is 12.4. The Kier molecular flexibility index (Phi) is 5.16. The summed E-state index contributed by atoms with van der Waals surface area (Å²) in [7, 11) is 3.18. The number of methoxy groups -OCH3 is 1. The number of benzene rings is 1. The summed E-state index contributed by atoms with van der Waals surface area (Å²) < 4.78 is 5.16. The van der Waals surface area contributed by atoms with Crippen molar-refractivity contribution in [1.29, 1.82) is 0 Å². The highest BCUT2D eigenvalue weighted by Crippen LogP contribution is 2.15. The van der Waals surface area contributed by atoms with E-state index in [0.717, 1.165) is 11.3 Å². The van der Waals surface area contributed by atoms with Gasteiger partial charge in [-0.25, -0.2) is 0 Å². The molecule has 1 aliphatic rings. The molecule has 0 saturated carbocycles. The molecule has 6 heteroatoms. The van der Waals surface area contributed by atoms with Crippen LogP contribution in [0.2, 0.25) is 0 Å². The second-order valence-corrected chi connectivity index (χ2v) is 4.95. The lowest BCUT2D eigenvalue weighted by molar-refractivity contribution is -0.140. The maximum atomic E-state index is 12.5.